The normalized spacial score (nSPS) is 17.2. The molecule has 2 aromatic heterocycles. The zero-order chi connectivity index (χ0) is 16.7. The molecule has 0 atom stereocenters. The summed E-state index contributed by atoms with van der Waals surface area (Å²) in [6, 6.07) is 6.44. The van der Waals surface area contributed by atoms with Crippen molar-refractivity contribution in [1.82, 2.24) is 19.7 Å². The lowest BCUT2D eigenvalue weighted by atomic mass is 10.1. The summed E-state index contributed by atoms with van der Waals surface area (Å²) >= 11 is 0. The van der Waals surface area contributed by atoms with Crippen LogP contribution in [0.2, 0.25) is 0 Å². The number of hydrogen-bond acceptors (Lipinski definition) is 5. The van der Waals surface area contributed by atoms with Crippen LogP contribution in [0, 0.1) is 0 Å². The van der Waals surface area contributed by atoms with Gasteiger partial charge in [-0.1, -0.05) is 0 Å². The van der Waals surface area contributed by atoms with Crippen molar-refractivity contribution in [2.24, 2.45) is 7.05 Å². The maximum absolute atomic E-state index is 11.7. The maximum Gasteiger partial charge on any atom is 0.250 e. The van der Waals surface area contributed by atoms with Gasteiger partial charge in [-0.05, 0) is 49.6 Å². The molecule has 0 radical (unpaired) electrons. The third kappa shape index (κ3) is 2.82. The second-order valence-electron chi connectivity index (χ2n) is 6.99. The third-order valence-corrected chi connectivity index (χ3v) is 5.22. The Morgan fingerprint density at radius 2 is 2.08 bits per heavy atom. The van der Waals surface area contributed by atoms with Crippen LogP contribution in [0.15, 0.2) is 29.2 Å². The Labute approximate surface area is 141 Å². The Bertz CT molecular complexity index is 809. The largest absolute Gasteiger partial charge is 0.352 e. The van der Waals surface area contributed by atoms with E-state index < -0.39 is 0 Å². The first-order valence-electron chi connectivity index (χ1n) is 8.56. The van der Waals surface area contributed by atoms with Crippen LogP contribution >= 0.6 is 0 Å². The topological polar surface area (TPSA) is 54.3 Å². The standard InChI is InChI=1S/C18H23N5O/c1-21-7-6-13(8-18(21)24)10-22(2)15-11-23(12-15)17-9-14-4-3-5-16(14)19-20-17/h6-9,15H,3-5,10-12H2,1-2H3. The van der Waals surface area contributed by atoms with E-state index >= 15 is 0 Å². The van der Waals surface area contributed by atoms with Gasteiger partial charge < -0.3 is 9.47 Å². The predicted molar refractivity (Wildman–Crippen MR) is 93.2 cm³/mol. The summed E-state index contributed by atoms with van der Waals surface area (Å²) < 4.78 is 1.60. The quantitative estimate of drug-likeness (QED) is 0.839. The van der Waals surface area contributed by atoms with Gasteiger partial charge >= 0.3 is 0 Å². The first-order chi connectivity index (χ1) is 11.6. The van der Waals surface area contributed by atoms with Crippen LogP contribution in [0.25, 0.3) is 0 Å². The van der Waals surface area contributed by atoms with Crippen molar-refractivity contribution in [1.29, 1.82) is 0 Å². The molecule has 2 aromatic rings. The van der Waals surface area contributed by atoms with Gasteiger partial charge in [-0.25, -0.2) is 0 Å². The molecule has 1 fully saturated rings. The molecule has 4 rings (SSSR count). The fourth-order valence-electron chi connectivity index (χ4n) is 3.50. The molecule has 0 amide bonds. The zero-order valence-electron chi connectivity index (χ0n) is 14.3. The lowest BCUT2D eigenvalue weighted by Crippen LogP contribution is -2.58. The number of nitrogens with zero attached hydrogens (tertiary/aromatic N) is 5. The van der Waals surface area contributed by atoms with E-state index in [9.17, 15) is 4.79 Å². The van der Waals surface area contributed by atoms with Crippen molar-refractivity contribution >= 4 is 5.82 Å². The third-order valence-electron chi connectivity index (χ3n) is 5.22. The fraction of sp³-hybridized carbons (Fsp3) is 0.500. The van der Waals surface area contributed by atoms with Crippen LogP contribution in [-0.2, 0) is 26.4 Å². The molecule has 6 nitrogen and oxygen atoms in total. The lowest BCUT2D eigenvalue weighted by Gasteiger charge is -2.44. The smallest absolute Gasteiger partial charge is 0.250 e. The number of aromatic nitrogens is 3. The van der Waals surface area contributed by atoms with Gasteiger partial charge in [0.05, 0.1) is 5.69 Å². The summed E-state index contributed by atoms with van der Waals surface area (Å²) in [6.45, 7) is 2.73. The van der Waals surface area contributed by atoms with E-state index in [1.807, 2.05) is 12.3 Å². The van der Waals surface area contributed by atoms with Gasteiger partial charge in [0.2, 0.25) is 0 Å². The molecule has 0 aromatic carbocycles. The Balaban J connectivity index is 1.36. The van der Waals surface area contributed by atoms with Crippen molar-refractivity contribution in [3.8, 4) is 0 Å². The van der Waals surface area contributed by atoms with E-state index in [1.165, 1.54) is 17.7 Å². The molecule has 2 aliphatic rings. The van der Waals surface area contributed by atoms with Crippen molar-refractivity contribution in [2.45, 2.75) is 31.8 Å². The van der Waals surface area contributed by atoms with E-state index in [4.69, 9.17) is 0 Å². The van der Waals surface area contributed by atoms with E-state index in [2.05, 4.69) is 33.1 Å². The average Bonchev–Trinajstić information content (AvgIpc) is 2.97. The van der Waals surface area contributed by atoms with Crippen molar-refractivity contribution < 1.29 is 0 Å². The maximum atomic E-state index is 11.7. The van der Waals surface area contributed by atoms with Gasteiger partial charge in [-0.15, -0.1) is 5.10 Å². The highest BCUT2D eigenvalue weighted by Crippen LogP contribution is 2.26. The zero-order valence-corrected chi connectivity index (χ0v) is 14.3. The number of aryl methyl sites for hydroxylation is 3. The minimum Gasteiger partial charge on any atom is -0.352 e. The number of pyridine rings is 1. The summed E-state index contributed by atoms with van der Waals surface area (Å²) in [7, 11) is 3.89. The monoisotopic (exact) mass is 325 g/mol. The van der Waals surface area contributed by atoms with Crippen LogP contribution in [0.1, 0.15) is 23.2 Å². The lowest BCUT2D eigenvalue weighted by molar-refractivity contribution is 0.196. The van der Waals surface area contributed by atoms with Crippen LogP contribution in [0.3, 0.4) is 0 Å². The minimum absolute atomic E-state index is 0.0459. The molecule has 0 N–H and O–H groups in total. The molecule has 0 spiro atoms. The molecule has 0 saturated carbocycles. The number of anilines is 1. The van der Waals surface area contributed by atoms with Crippen LogP contribution in [0.5, 0.6) is 0 Å². The Kier molecular flexibility index (Phi) is 3.84. The Hall–Kier alpha value is -2.21. The van der Waals surface area contributed by atoms with Gasteiger partial charge in [-0.3, -0.25) is 9.69 Å². The molecule has 24 heavy (non-hydrogen) atoms. The summed E-state index contributed by atoms with van der Waals surface area (Å²) in [5.41, 5.74) is 3.66. The first-order valence-corrected chi connectivity index (χ1v) is 8.56. The molecule has 0 bridgehead atoms. The van der Waals surface area contributed by atoms with Gasteiger partial charge in [0, 0.05) is 45.0 Å². The average molecular weight is 325 g/mol. The van der Waals surface area contributed by atoms with Gasteiger partial charge in [0.1, 0.15) is 0 Å². The molecular formula is C18H23N5O. The van der Waals surface area contributed by atoms with Gasteiger partial charge in [0.15, 0.2) is 5.82 Å². The highest BCUT2D eigenvalue weighted by molar-refractivity contribution is 5.45. The molecule has 1 aliphatic heterocycles. The Morgan fingerprint density at radius 3 is 2.88 bits per heavy atom. The van der Waals surface area contributed by atoms with E-state index in [0.717, 1.165) is 43.9 Å². The molecule has 1 saturated heterocycles. The summed E-state index contributed by atoms with van der Waals surface area (Å²) in [5, 5.41) is 8.76. The number of fused-ring (bicyclic) bond motifs is 1. The highest BCUT2D eigenvalue weighted by Gasteiger charge is 2.31. The SMILES string of the molecule is CN(Cc1ccn(C)c(=O)c1)C1CN(c2cc3c(nn2)CCC3)C1. The summed E-state index contributed by atoms with van der Waals surface area (Å²) in [6.07, 6.45) is 5.25. The van der Waals surface area contributed by atoms with Crippen molar-refractivity contribution in [3.63, 3.8) is 0 Å². The van der Waals surface area contributed by atoms with Gasteiger partial charge in [0.25, 0.3) is 5.56 Å². The first kappa shape index (κ1) is 15.3. The number of hydrogen-bond donors (Lipinski definition) is 0. The van der Waals surface area contributed by atoms with E-state index in [-0.39, 0.29) is 5.56 Å². The molecule has 1 aliphatic carbocycles. The molecule has 3 heterocycles. The Morgan fingerprint density at radius 1 is 1.25 bits per heavy atom. The number of likely N-dealkylation sites (N-methyl/N-ethyl adjacent to an activating group) is 1. The number of rotatable bonds is 4. The second-order valence-corrected chi connectivity index (χ2v) is 6.99. The summed E-state index contributed by atoms with van der Waals surface area (Å²) in [5.74, 6) is 1.01. The van der Waals surface area contributed by atoms with E-state index in [0.29, 0.717) is 6.04 Å². The predicted octanol–water partition coefficient (Wildman–Crippen LogP) is 0.985. The van der Waals surface area contributed by atoms with Crippen LogP contribution < -0.4 is 10.5 Å². The van der Waals surface area contributed by atoms with Crippen molar-refractivity contribution in [3.05, 3.63) is 51.6 Å². The molecular weight excluding hydrogens is 302 g/mol. The fourth-order valence-corrected chi connectivity index (χ4v) is 3.50. The molecule has 126 valence electrons. The minimum atomic E-state index is 0.0459. The van der Waals surface area contributed by atoms with E-state index in [1.54, 1.807) is 17.7 Å². The second kappa shape index (κ2) is 6.02. The molecule has 6 heteroatoms. The molecule has 0 unspecified atom stereocenters. The van der Waals surface area contributed by atoms with Crippen molar-refractivity contribution in [2.75, 3.05) is 25.0 Å². The van der Waals surface area contributed by atoms with Crippen LogP contribution in [-0.4, -0.2) is 45.8 Å². The summed E-state index contributed by atoms with van der Waals surface area (Å²) in [4.78, 5) is 16.3. The van der Waals surface area contributed by atoms with Crippen LogP contribution in [0.4, 0.5) is 5.82 Å². The van der Waals surface area contributed by atoms with Gasteiger partial charge in [-0.2, -0.15) is 5.10 Å². The highest BCUT2D eigenvalue weighted by atomic mass is 16.1.